The summed E-state index contributed by atoms with van der Waals surface area (Å²) in [7, 11) is 0. The Morgan fingerprint density at radius 1 is 0.870 bits per heavy atom. The molecule has 4 nitrogen and oxygen atoms in total. The van der Waals surface area contributed by atoms with E-state index in [1.54, 1.807) is 48.8 Å². The van der Waals surface area contributed by atoms with Gasteiger partial charge in [-0.2, -0.15) is 0 Å². The van der Waals surface area contributed by atoms with Crippen LogP contribution in [-0.2, 0) is 16.8 Å². The number of nitrogens with zero attached hydrogens (tertiary/aromatic N) is 2. The zero-order valence-electron chi connectivity index (χ0n) is 13.1. The van der Waals surface area contributed by atoms with Crippen molar-refractivity contribution in [3.63, 3.8) is 0 Å². The number of hydrogen-bond acceptors (Lipinski definition) is 4. The van der Waals surface area contributed by atoms with Crippen LogP contribution in [0.1, 0.15) is 25.0 Å². The van der Waals surface area contributed by atoms with Gasteiger partial charge in [-0.25, -0.2) is 0 Å². The molecule has 1 radical (unpaired) electrons. The number of hydrogen-bond donors (Lipinski definition) is 2. The molecule has 0 fully saturated rings. The van der Waals surface area contributed by atoms with Crippen molar-refractivity contribution in [2.45, 2.75) is 19.4 Å². The molecule has 2 N–H and O–H groups in total. The number of benzene rings is 2. The zero-order valence-corrected chi connectivity index (χ0v) is 14.1. The summed E-state index contributed by atoms with van der Waals surface area (Å²) in [6.45, 7) is 4.41. The Balaban J connectivity index is 0.00000264. The first-order chi connectivity index (χ1) is 10.5. The van der Waals surface area contributed by atoms with Crippen LogP contribution < -0.4 is 0 Å². The van der Waals surface area contributed by atoms with Gasteiger partial charge < -0.3 is 10.2 Å². The van der Waals surface area contributed by atoms with E-state index >= 15 is 0 Å². The third-order valence-electron chi connectivity index (χ3n) is 3.14. The SMILES string of the molecule is CC(C)(CN=Cc1ccccc1O)N=Cc1ccccc1O.[Co]. The molecule has 0 atom stereocenters. The minimum Gasteiger partial charge on any atom is -0.507 e. The first-order valence-electron chi connectivity index (χ1n) is 7.09. The second-order valence-corrected chi connectivity index (χ2v) is 5.66. The van der Waals surface area contributed by atoms with Crippen LogP contribution >= 0.6 is 0 Å². The first kappa shape index (κ1) is 18.9. The number of phenols is 2. The van der Waals surface area contributed by atoms with Crippen molar-refractivity contribution in [2.75, 3.05) is 6.54 Å². The number of aromatic hydroxyl groups is 2. The van der Waals surface area contributed by atoms with Crippen LogP contribution in [-0.4, -0.2) is 34.7 Å². The van der Waals surface area contributed by atoms with Crippen LogP contribution in [0.4, 0.5) is 0 Å². The average Bonchev–Trinajstić information content (AvgIpc) is 2.48. The van der Waals surface area contributed by atoms with E-state index in [1.807, 2.05) is 26.0 Å². The fourth-order valence-corrected chi connectivity index (χ4v) is 1.85. The van der Waals surface area contributed by atoms with Gasteiger partial charge in [0, 0.05) is 40.3 Å². The molecular weight excluding hydrogens is 335 g/mol. The topological polar surface area (TPSA) is 65.2 Å². The van der Waals surface area contributed by atoms with Gasteiger partial charge >= 0.3 is 0 Å². The predicted molar refractivity (Wildman–Crippen MR) is 90.3 cm³/mol. The van der Waals surface area contributed by atoms with Crippen molar-refractivity contribution < 1.29 is 27.0 Å². The normalized spacial score (nSPS) is 11.7. The monoisotopic (exact) mass is 355 g/mol. The fraction of sp³-hybridized carbons (Fsp3) is 0.222. The molecule has 0 amide bonds. The second-order valence-electron chi connectivity index (χ2n) is 5.66. The molecule has 2 aromatic rings. The summed E-state index contributed by atoms with van der Waals surface area (Å²) in [6.07, 6.45) is 3.30. The summed E-state index contributed by atoms with van der Waals surface area (Å²) in [6, 6.07) is 14.1. The van der Waals surface area contributed by atoms with Crippen molar-refractivity contribution in [1.29, 1.82) is 0 Å². The van der Waals surface area contributed by atoms with Gasteiger partial charge in [0.25, 0.3) is 0 Å². The van der Waals surface area contributed by atoms with Gasteiger partial charge in [0.05, 0.1) is 12.1 Å². The summed E-state index contributed by atoms with van der Waals surface area (Å²) in [4.78, 5) is 8.83. The van der Waals surface area contributed by atoms with E-state index in [0.29, 0.717) is 17.7 Å². The van der Waals surface area contributed by atoms with E-state index in [4.69, 9.17) is 0 Å². The fourth-order valence-electron chi connectivity index (χ4n) is 1.85. The van der Waals surface area contributed by atoms with Crippen LogP contribution in [0.5, 0.6) is 11.5 Å². The molecule has 0 saturated carbocycles. The minimum absolute atomic E-state index is 0. The molecule has 0 saturated heterocycles. The van der Waals surface area contributed by atoms with E-state index in [-0.39, 0.29) is 28.3 Å². The molecular formula is C18H20CoN2O2. The Morgan fingerprint density at radius 3 is 1.87 bits per heavy atom. The summed E-state index contributed by atoms with van der Waals surface area (Å²) in [5.74, 6) is 0.418. The van der Waals surface area contributed by atoms with Gasteiger partial charge in [0.2, 0.25) is 0 Å². The largest absolute Gasteiger partial charge is 0.507 e. The number of phenolic OH excluding ortho intramolecular Hbond substituents is 2. The van der Waals surface area contributed by atoms with Gasteiger partial charge in [0.15, 0.2) is 0 Å². The summed E-state index contributed by atoms with van der Waals surface area (Å²) >= 11 is 0. The Bertz CT molecular complexity index is 697. The smallest absolute Gasteiger partial charge is 0.124 e. The number of aliphatic imine (C=N–C) groups is 2. The molecule has 0 aliphatic heterocycles. The average molecular weight is 355 g/mol. The van der Waals surface area contributed by atoms with Gasteiger partial charge in [-0.15, -0.1) is 0 Å². The molecule has 0 unspecified atom stereocenters. The summed E-state index contributed by atoms with van der Waals surface area (Å²) in [5, 5.41) is 19.4. The second kappa shape index (κ2) is 8.50. The standard InChI is InChI=1S/C18H20N2O2.Co/c1-18(2,20-12-15-8-4-6-10-17(15)22)13-19-11-14-7-3-5-9-16(14)21;/h3-12,21-22H,13H2,1-2H3;. The van der Waals surface area contributed by atoms with Gasteiger partial charge in [-0.3, -0.25) is 9.98 Å². The quantitative estimate of drug-likeness (QED) is 0.808. The van der Waals surface area contributed by atoms with Crippen molar-refractivity contribution in [3.05, 3.63) is 59.7 Å². The first-order valence-corrected chi connectivity index (χ1v) is 7.09. The predicted octanol–water partition coefficient (Wildman–Crippen LogP) is 3.41. The summed E-state index contributed by atoms with van der Waals surface area (Å²) < 4.78 is 0. The third kappa shape index (κ3) is 5.88. The number of rotatable bonds is 5. The molecule has 5 heteroatoms. The van der Waals surface area contributed by atoms with E-state index < -0.39 is 5.54 Å². The molecule has 0 aliphatic rings. The van der Waals surface area contributed by atoms with Crippen molar-refractivity contribution in [1.82, 2.24) is 0 Å². The van der Waals surface area contributed by atoms with Crippen molar-refractivity contribution in [3.8, 4) is 11.5 Å². The molecule has 123 valence electrons. The Morgan fingerprint density at radius 2 is 1.35 bits per heavy atom. The maximum absolute atomic E-state index is 9.71. The Labute approximate surface area is 146 Å². The zero-order chi connectivity index (χ0) is 16.0. The van der Waals surface area contributed by atoms with Gasteiger partial charge in [-0.1, -0.05) is 24.3 Å². The van der Waals surface area contributed by atoms with Gasteiger partial charge in [-0.05, 0) is 38.1 Å². The van der Waals surface area contributed by atoms with E-state index in [2.05, 4.69) is 9.98 Å². The minimum atomic E-state index is -0.400. The molecule has 0 aliphatic carbocycles. The van der Waals surface area contributed by atoms with Crippen molar-refractivity contribution in [2.24, 2.45) is 9.98 Å². The molecule has 2 aromatic carbocycles. The third-order valence-corrected chi connectivity index (χ3v) is 3.14. The molecule has 2 rings (SSSR count). The Kier molecular flexibility index (Phi) is 7.00. The van der Waals surface area contributed by atoms with Crippen LogP contribution in [0.25, 0.3) is 0 Å². The molecule has 0 spiro atoms. The van der Waals surface area contributed by atoms with Crippen LogP contribution in [0.3, 0.4) is 0 Å². The number of para-hydroxylation sites is 2. The van der Waals surface area contributed by atoms with Crippen LogP contribution in [0, 0.1) is 0 Å². The molecule has 0 heterocycles. The maximum atomic E-state index is 9.71. The summed E-state index contributed by atoms with van der Waals surface area (Å²) in [5.41, 5.74) is 0.964. The van der Waals surface area contributed by atoms with E-state index in [0.717, 1.165) is 0 Å². The molecule has 0 aromatic heterocycles. The van der Waals surface area contributed by atoms with Crippen LogP contribution in [0.15, 0.2) is 58.5 Å². The van der Waals surface area contributed by atoms with Gasteiger partial charge in [0.1, 0.15) is 11.5 Å². The van der Waals surface area contributed by atoms with E-state index in [1.165, 1.54) is 0 Å². The van der Waals surface area contributed by atoms with Crippen LogP contribution in [0.2, 0.25) is 0 Å². The maximum Gasteiger partial charge on any atom is 0.124 e. The molecule has 0 bridgehead atoms. The molecule has 23 heavy (non-hydrogen) atoms. The Hall–Kier alpha value is -2.11. The van der Waals surface area contributed by atoms with E-state index in [9.17, 15) is 10.2 Å². The van der Waals surface area contributed by atoms with Crippen molar-refractivity contribution >= 4 is 12.4 Å².